The maximum Gasteiger partial charge on any atom is 0.0668 e. The summed E-state index contributed by atoms with van der Waals surface area (Å²) in [4.78, 5) is 2.31. The first-order chi connectivity index (χ1) is 6.06. The van der Waals surface area contributed by atoms with Crippen LogP contribution in [0.25, 0.3) is 0 Å². The molecule has 0 spiro atoms. The van der Waals surface area contributed by atoms with Gasteiger partial charge in [-0.25, -0.2) is 0 Å². The van der Waals surface area contributed by atoms with Crippen molar-refractivity contribution >= 4 is 0 Å². The predicted molar refractivity (Wildman–Crippen MR) is 52.8 cm³/mol. The van der Waals surface area contributed by atoms with Gasteiger partial charge in [-0.2, -0.15) is 0 Å². The second-order valence-electron chi connectivity index (χ2n) is 4.44. The zero-order chi connectivity index (χ0) is 9.90. The van der Waals surface area contributed by atoms with E-state index in [1.165, 1.54) is 0 Å². The van der Waals surface area contributed by atoms with Gasteiger partial charge in [0.25, 0.3) is 0 Å². The van der Waals surface area contributed by atoms with Gasteiger partial charge in [0.1, 0.15) is 0 Å². The number of aliphatic hydroxyl groups is 1. The smallest absolute Gasteiger partial charge is 0.0668 e. The van der Waals surface area contributed by atoms with Crippen molar-refractivity contribution in [1.29, 1.82) is 0 Å². The molecule has 1 atom stereocenters. The van der Waals surface area contributed by atoms with Crippen molar-refractivity contribution in [2.45, 2.75) is 38.3 Å². The van der Waals surface area contributed by atoms with Crippen molar-refractivity contribution in [3.63, 3.8) is 0 Å². The highest BCUT2D eigenvalue weighted by molar-refractivity contribution is 4.88. The fourth-order valence-corrected chi connectivity index (χ4v) is 1.87. The monoisotopic (exact) mass is 187 g/mol. The maximum absolute atomic E-state index is 9.53. The highest BCUT2D eigenvalue weighted by Crippen LogP contribution is 2.26. The minimum absolute atomic E-state index is 0.148. The third-order valence-corrected chi connectivity index (χ3v) is 2.94. The Hall–Kier alpha value is -0.120. The highest BCUT2D eigenvalue weighted by Gasteiger charge is 2.32. The van der Waals surface area contributed by atoms with Gasteiger partial charge in [0.2, 0.25) is 0 Å². The van der Waals surface area contributed by atoms with E-state index in [2.05, 4.69) is 18.7 Å². The summed E-state index contributed by atoms with van der Waals surface area (Å²) in [6.07, 6.45) is 1.85. The van der Waals surface area contributed by atoms with Gasteiger partial charge < -0.3 is 9.84 Å². The van der Waals surface area contributed by atoms with Crippen LogP contribution in [-0.2, 0) is 4.74 Å². The molecule has 0 bridgehead atoms. The Morgan fingerprint density at radius 2 is 2.23 bits per heavy atom. The molecule has 0 aromatic heterocycles. The molecule has 13 heavy (non-hydrogen) atoms. The lowest BCUT2D eigenvalue weighted by Gasteiger charge is -2.44. The van der Waals surface area contributed by atoms with Crippen LogP contribution in [0, 0.1) is 0 Å². The van der Waals surface area contributed by atoms with Crippen molar-refractivity contribution in [1.82, 2.24) is 4.90 Å². The van der Waals surface area contributed by atoms with E-state index in [1.54, 1.807) is 7.11 Å². The number of hydrogen-bond donors (Lipinski definition) is 1. The van der Waals surface area contributed by atoms with Crippen LogP contribution in [0.1, 0.15) is 26.7 Å². The molecule has 0 aliphatic carbocycles. The molecule has 1 aliphatic rings. The van der Waals surface area contributed by atoms with Gasteiger partial charge >= 0.3 is 0 Å². The van der Waals surface area contributed by atoms with Gasteiger partial charge in [-0.05, 0) is 26.7 Å². The van der Waals surface area contributed by atoms with Gasteiger partial charge in [-0.3, -0.25) is 4.90 Å². The Bertz CT molecular complexity index is 159. The van der Waals surface area contributed by atoms with Crippen molar-refractivity contribution in [2.24, 2.45) is 0 Å². The van der Waals surface area contributed by atoms with Crippen LogP contribution in [0.5, 0.6) is 0 Å². The summed E-state index contributed by atoms with van der Waals surface area (Å²) in [5.74, 6) is 0. The molecule has 3 heteroatoms. The van der Waals surface area contributed by atoms with Crippen molar-refractivity contribution in [3.8, 4) is 0 Å². The van der Waals surface area contributed by atoms with Gasteiger partial charge in [0.05, 0.1) is 12.7 Å². The fraction of sp³-hybridized carbons (Fsp3) is 1.00. The normalized spacial score (nSPS) is 29.1. The Morgan fingerprint density at radius 3 is 2.85 bits per heavy atom. The van der Waals surface area contributed by atoms with Gasteiger partial charge in [0, 0.05) is 25.7 Å². The maximum atomic E-state index is 9.53. The molecule has 1 unspecified atom stereocenters. The average Bonchev–Trinajstić information content (AvgIpc) is 2.07. The number of aliphatic hydroxyl groups excluding tert-OH is 1. The summed E-state index contributed by atoms with van der Waals surface area (Å²) in [6.45, 7) is 6.91. The molecule has 0 amide bonds. The van der Waals surface area contributed by atoms with Crippen molar-refractivity contribution in [3.05, 3.63) is 0 Å². The largest absolute Gasteiger partial charge is 0.392 e. The van der Waals surface area contributed by atoms with E-state index in [-0.39, 0.29) is 11.6 Å². The molecule has 1 heterocycles. The third-order valence-electron chi connectivity index (χ3n) is 2.94. The first kappa shape index (κ1) is 11.0. The Labute approximate surface area is 80.7 Å². The number of hydrogen-bond acceptors (Lipinski definition) is 3. The molecule has 1 N–H and O–H groups in total. The second-order valence-corrected chi connectivity index (χ2v) is 4.44. The molecule has 1 rings (SSSR count). The average molecular weight is 187 g/mol. The molecule has 1 fully saturated rings. The van der Waals surface area contributed by atoms with E-state index in [9.17, 15) is 5.11 Å². The summed E-state index contributed by atoms with van der Waals surface area (Å²) >= 11 is 0. The number of piperidine rings is 1. The quantitative estimate of drug-likeness (QED) is 0.711. The van der Waals surface area contributed by atoms with Gasteiger partial charge in [-0.15, -0.1) is 0 Å². The van der Waals surface area contributed by atoms with E-state index in [0.717, 1.165) is 32.5 Å². The summed E-state index contributed by atoms with van der Waals surface area (Å²) in [5.41, 5.74) is 0.220. The van der Waals surface area contributed by atoms with E-state index >= 15 is 0 Å². The van der Waals surface area contributed by atoms with Crippen LogP contribution >= 0.6 is 0 Å². The lowest BCUT2D eigenvalue weighted by atomic mass is 9.89. The minimum atomic E-state index is -0.148. The van der Waals surface area contributed by atoms with Crippen LogP contribution < -0.4 is 0 Å². The van der Waals surface area contributed by atoms with E-state index < -0.39 is 0 Å². The van der Waals surface area contributed by atoms with Gasteiger partial charge in [-0.1, -0.05) is 0 Å². The van der Waals surface area contributed by atoms with Gasteiger partial charge in [0.15, 0.2) is 0 Å². The second kappa shape index (κ2) is 4.40. The topological polar surface area (TPSA) is 32.7 Å². The third kappa shape index (κ3) is 2.93. The van der Waals surface area contributed by atoms with Crippen molar-refractivity contribution < 1.29 is 9.84 Å². The molecule has 0 radical (unpaired) electrons. The van der Waals surface area contributed by atoms with E-state index in [1.807, 2.05) is 0 Å². The van der Waals surface area contributed by atoms with Crippen LogP contribution in [-0.4, -0.2) is 48.5 Å². The molecule has 3 nitrogen and oxygen atoms in total. The SMILES string of the molecule is COCCN1CC(O)CCC1(C)C. The number of ether oxygens (including phenoxy) is 1. The first-order valence-electron chi connectivity index (χ1n) is 4.98. The number of methoxy groups -OCH3 is 1. The molecule has 78 valence electrons. The number of rotatable bonds is 3. The Kier molecular flexibility index (Phi) is 3.71. The predicted octanol–water partition coefficient (Wildman–Crippen LogP) is 0.868. The van der Waals surface area contributed by atoms with E-state index in [0.29, 0.717) is 0 Å². The molecule has 0 saturated carbocycles. The summed E-state index contributed by atoms with van der Waals surface area (Å²) in [6, 6.07) is 0. The summed E-state index contributed by atoms with van der Waals surface area (Å²) in [5, 5.41) is 9.53. The van der Waals surface area contributed by atoms with Crippen molar-refractivity contribution in [2.75, 3.05) is 26.8 Å². The number of likely N-dealkylation sites (tertiary alicyclic amines) is 1. The number of nitrogens with zero attached hydrogens (tertiary/aromatic N) is 1. The highest BCUT2D eigenvalue weighted by atomic mass is 16.5. The summed E-state index contributed by atoms with van der Waals surface area (Å²) in [7, 11) is 1.72. The molecular formula is C10H21NO2. The standard InChI is InChI=1S/C10H21NO2/c1-10(2)5-4-9(12)8-11(10)6-7-13-3/h9,12H,4-8H2,1-3H3. The van der Waals surface area contributed by atoms with Crippen LogP contribution in [0.3, 0.4) is 0 Å². The zero-order valence-electron chi connectivity index (χ0n) is 8.92. The molecular weight excluding hydrogens is 166 g/mol. The molecule has 0 aromatic rings. The zero-order valence-corrected chi connectivity index (χ0v) is 8.92. The lowest BCUT2D eigenvalue weighted by molar-refractivity contribution is -0.0160. The lowest BCUT2D eigenvalue weighted by Crippen LogP contribution is -2.53. The Morgan fingerprint density at radius 1 is 1.54 bits per heavy atom. The summed E-state index contributed by atoms with van der Waals surface area (Å²) < 4.78 is 5.05. The number of β-amino-alcohol motifs (C(OH)–C–C–N with tert-alkyl or cyclic N) is 1. The molecule has 1 saturated heterocycles. The van der Waals surface area contributed by atoms with Crippen LogP contribution in [0.4, 0.5) is 0 Å². The van der Waals surface area contributed by atoms with Crippen LogP contribution in [0.2, 0.25) is 0 Å². The van der Waals surface area contributed by atoms with Crippen LogP contribution in [0.15, 0.2) is 0 Å². The molecule has 0 aromatic carbocycles. The first-order valence-corrected chi connectivity index (χ1v) is 4.98. The Balaban J connectivity index is 2.46. The fourth-order valence-electron chi connectivity index (χ4n) is 1.87. The minimum Gasteiger partial charge on any atom is -0.392 e. The molecule has 1 aliphatic heterocycles. The van der Waals surface area contributed by atoms with E-state index in [4.69, 9.17) is 4.74 Å².